The smallest absolute Gasteiger partial charge is 0.285 e. The molecule has 2 aliphatic rings. The minimum Gasteiger partial charge on any atom is -0.453 e. The van der Waals surface area contributed by atoms with Crippen molar-refractivity contribution in [1.82, 2.24) is 0 Å². The summed E-state index contributed by atoms with van der Waals surface area (Å²) in [5.74, 6) is 0.716. The van der Waals surface area contributed by atoms with Crippen molar-refractivity contribution in [2.75, 3.05) is 0 Å². The number of benzene rings is 1. The van der Waals surface area contributed by atoms with E-state index in [4.69, 9.17) is 27.9 Å². The van der Waals surface area contributed by atoms with Crippen LogP contribution >= 0.6 is 23.2 Å². The van der Waals surface area contributed by atoms with Gasteiger partial charge in [-0.2, -0.15) is 0 Å². The van der Waals surface area contributed by atoms with Gasteiger partial charge in [-0.1, -0.05) is 59.6 Å². The Morgan fingerprint density at radius 2 is 2.00 bits per heavy atom. The second kappa shape index (κ2) is 3.94. The highest BCUT2D eigenvalue weighted by molar-refractivity contribution is 6.50. The van der Waals surface area contributed by atoms with Gasteiger partial charge in [0.05, 0.1) is 0 Å². The van der Waals surface area contributed by atoms with Gasteiger partial charge in [-0.3, -0.25) is 0 Å². The molecule has 0 spiro atoms. The number of ether oxygens (including phenoxy) is 1. The largest absolute Gasteiger partial charge is 0.453 e. The van der Waals surface area contributed by atoms with Gasteiger partial charge in [-0.15, -0.1) is 0 Å². The summed E-state index contributed by atoms with van der Waals surface area (Å²) < 4.78 is 4.34. The molecule has 1 aliphatic carbocycles. The van der Waals surface area contributed by atoms with Crippen molar-refractivity contribution in [3.05, 3.63) is 59.2 Å². The molecule has 0 fully saturated rings. The summed E-state index contributed by atoms with van der Waals surface area (Å²) in [6.07, 6.45) is 8.93. The summed E-state index contributed by atoms with van der Waals surface area (Å²) in [5.41, 5.74) is 2.93. The van der Waals surface area contributed by atoms with Crippen LogP contribution in [0.25, 0.3) is 6.08 Å². The van der Waals surface area contributed by atoms with Crippen LogP contribution in [0, 0.1) is 0 Å². The van der Waals surface area contributed by atoms with Crippen molar-refractivity contribution >= 4 is 29.3 Å². The average molecular weight is 265 g/mol. The average Bonchev–Trinajstić information content (AvgIpc) is 2.80. The zero-order chi connectivity index (χ0) is 11.9. The molecule has 0 saturated heterocycles. The van der Waals surface area contributed by atoms with Crippen LogP contribution in [0.5, 0.6) is 5.75 Å². The van der Waals surface area contributed by atoms with E-state index in [2.05, 4.69) is 6.08 Å². The van der Waals surface area contributed by atoms with Gasteiger partial charge in [0.1, 0.15) is 5.75 Å². The Morgan fingerprint density at radius 1 is 1.18 bits per heavy atom. The van der Waals surface area contributed by atoms with Gasteiger partial charge in [0.15, 0.2) is 0 Å². The van der Waals surface area contributed by atoms with E-state index in [0.717, 1.165) is 23.1 Å². The topological polar surface area (TPSA) is 9.23 Å². The maximum Gasteiger partial charge on any atom is 0.285 e. The first-order valence-corrected chi connectivity index (χ1v) is 6.16. The molecule has 0 N–H and O–H groups in total. The molecule has 0 bridgehead atoms. The molecular weight excluding hydrogens is 255 g/mol. The molecular formula is C14H10Cl2O. The molecule has 17 heavy (non-hydrogen) atoms. The van der Waals surface area contributed by atoms with E-state index in [9.17, 15) is 0 Å². The normalized spacial score (nSPS) is 20.4. The molecule has 1 heterocycles. The second-order valence-electron chi connectivity index (χ2n) is 4.04. The van der Waals surface area contributed by atoms with E-state index < -0.39 is 4.52 Å². The van der Waals surface area contributed by atoms with Crippen molar-refractivity contribution in [2.24, 2.45) is 0 Å². The summed E-state index contributed by atoms with van der Waals surface area (Å²) in [4.78, 5) is 0. The SMILES string of the molecule is ClC1(Cl)Oc2ccccc2C=C1C1=CC=CC1. The van der Waals surface area contributed by atoms with Gasteiger partial charge in [0.25, 0.3) is 4.52 Å². The van der Waals surface area contributed by atoms with Crippen LogP contribution in [0.3, 0.4) is 0 Å². The lowest BCUT2D eigenvalue weighted by Crippen LogP contribution is -2.28. The Bertz CT molecular complexity index is 553. The van der Waals surface area contributed by atoms with Gasteiger partial charge >= 0.3 is 0 Å². The molecule has 0 amide bonds. The monoisotopic (exact) mass is 264 g/mol. The fourth-order valence-corrected chi connectivity index (χ4v) is 2.57. The van der Waals surface area contributed by atoms with Gasteiger partial charge in [-0.05, 0) is 24.1 Å². The fraction of sp³-hybridized carbons (Fsp3) is 0.143. The van der Waals surface area contributed by atoms with E-state index in [1.165, 1.54) is 0 Å². The van der Waals surface area contributed by atoms with Crippen molar-refractivity contribution < 1.29 is 4.74 Å². The lowest BCUT2D eigenvalue weighted by molar-refractivity contribution is 0.275. The van der Waals surface area contributed by atoms with Crippen molar-refractivity contribution in [2.45, 2.75) is 10.9 Å². The van der Waals surface area contributed by atoms with Gasteiger partial charge in [-0.25, -0.2) is 0 Å². The number of hydrogen-bond donors (Lipinski definition) is 0. The van der Waals surface area contributed by atoms with Crippen molar-refractivity contribution in [3.8, 4) is 5.75 Å². The van der Waals surface area contributed by atoms with Crippen LogP contribution in [-0.4, -0.2) is 4.52 Å². The highest BCUT2D eigenvalue weighted by atomic mass is 35.5. The first-order chi connectivity index (χ1) is 8.17. The zero-order valence-corrected chi connectivity index (χ0v) is 10.5. The molecule has 1 aromatic carbocycles. The lowest BCUT2D eigenvalue weighted by Gasteiger charge is -2.30. The van der Waals surface area contributed by atoms with Gasteiger partial charge in [0.2, 0.25) is 0 Å². The quantitative estimate of drug-likeness (QED) is 0.680. The molecule has 0 atom stereocenters. The maximum absolute atomic E-state index is 6.25. The molecule has 0 unspecified atom stereocenters. The summed E-state index contributed by atoms with van der Waals surface area (Å²) in [6.45, 7) is 0. The highest BCUT2D eigenvalue weighted by Gasteiger charge is 2.37. The Hall–Kier alpha value is -1.18. The molecule has 1 aromatic rings. The number of halogens is 2. The van der Waals surface area contributed by atoms with E-state index in [0.29, 0.717) is 5.75 Å². The van der Waals surface area contributed by atoms with Crippen molar-refractivity contribution in [3.63, 3.8) is 0 Å². The number of fused-ring (bicyclic) bond motifs is 1. The van der Waals surface area contributed by atoms with E-state index in [1.807, 2.05) is 42.5 Å². The van der Waals surface area contributed by atoms with Crippen LogP contribution < -0.4 is 4.74 Å². The van der Waals surface area contributed by atoms with Gasteiger partial charge < -0.3 is 4.74 Å². The van der Waals surface area contributed by atoms with Crippen LogP contribution in [0.4, 0.5) is 0 Å². The standard InChI is InChI=1S/C14H10Cl2O/c15-14(16)12(10-5-1-2-6-10)9-11-7-3-4-8-13(11)17-14/h1-5,7-9H,6H2. The predicted octanol–water partition coefficient (Wildman–Crippen LogP) is 4.48. The molecule has 1 aliphatic heterocycles. The highest BCUT2D eigenvalue weighted by Crippen LogP contribution is 2.45. The number of hydrogen-bond acceptors (Lipinski definition) is 1. The third-order valence-corrected chi connectivity index (χ3v) is 3.45. The Kier molecular flexibility index (Phi) is 2.53. The molecule has 1 nitrogen and oxygen atoms in total. The van der Waals surface area contributed by atoms with Crippen LogP contribution in [0.15, 0.2) is 53.6 Å². The first kappa shape index (κ1) is 10.9. The predicted molar refractivity (Wildman–Crippen MR) is 71.3 cm³/mol. The summed E-state index contributed by atoms with van der Waals surface area (Å²) in [5, 5.41) is 0. The van der Waals surface area contributed by atoms with E-state index in [-0.39, 0.29) is 0 Å². The molecule has 86 valence electrons. The van der Waals surface area contributed by atoms with Crippen LogP contribution in [0.1, 0.15) is 12.0 Å². The Balaban J connectivity index is 2.10. The Labute approximate surface area is 110 Å². The number of alkyl halides is 2. The number of allylic oxidation sites excluding steroid dienone is 3. The maximum atomic E-state index is 6.25. The third-order valence-electron chi connectivity index (χ3n) is 2.89. The molecule has 0 aromatic heterocycles. The lowest BCUT2D eigenvalue weighted by atomic mass is 10.00. The minimum atomic E-state index is -1.30. The van der Waals surface area contributed by atoms with E-state index >= 15 is 0 Å². The fourth-order valence-electron chi connectivity index (χ4n) is 2.05. The minimum absolute atomic E-state index is 0.716. The van der Waals surface area contributed by atoms with Crippen LogP contribution in [0.2, 0.25) is 0 Å². The number of para-hydroxylation sites is 1. The number of rotatable bonds is 1. The molecule has 0 radical (unpaired) electrons. The molecule has 0 saturated carbocycles. The molecule has 3 rings (SSSR count). The zero-order valence-electron chi connectivity index (χ0n) is 8.99. The first-order valence-electron chi connectivity index (χ1n) is 5.41. The van der Waals surface area contributed by atoms with Crippen LogP contribution in [-0.2, 0) is 0 Å². The second-order valence-corrected chi connectivity index (χ2v) is 5.30. The van der Waals surface area contributed by atoms with Crippen molar-refractivity contribution in [1.29, 1.82) is 0 Å². The molecule has 3 heteroatoms. The van der Waals surface area contributed by atoms with Gasteiger partial charge in [0, 0.05) is 11.1 Å². The Morgan fingerprint density at radius 3 is 2.76 bits per heavy atom. The third kappa shape index (κ3) is 1.90. The summed E-state index contributed by atoms with van der Waals surface area (Å²) >= 11 is 12.5. The summed E-state index contributed by atoms with van der Waals surface area (Å²) in [6, 6.07) is 7.72. The van der Waals surface area contributed by atoms with E-state index in [1.54, 1.807) is 0 Å². The summed E-state index contributed by atoms with van der Waals surface area (Å²) in [7, 11) is 0.